The first-order valence-electron chi connectivity index (χ1n) is 11.1. The van der Waals surface area contributed by atoms with E-state index >= 15 is 0 Å². The van der Waals surface area contributed by atoms with Crippen molar-refractivity contribution in [1.29, 1.82) is 0 Å². The fraction of sp³-hybridized carbons (Fsp3) is 0.458. The summed E-state index contributed by atoms with van der Waals surface area (Å²) in [5, 5.41) is 5.25. The molecule has 5 rings (SSSR count). The number of hydrogen-bond donors (Lipinski definition) is 0. The molecular formula is C24H28N4OS. The lowest BCUT2D eigenvalue weighted by Crippen LogP contribution is -2.43. The van der Waals surface area contributed by atoms with Crippen LogP contribution in [-0.4, -0.2) is 47.0 Å². The minimum atomic E-state index is 0.156. The number of piperidine rings is 1. The molecule has 30 heavy (non-hydrogen) atoms. The minimum absolute atomic E-state index is 0.156. The molecule has 2 aromatic heterocycles. The normalized spacial score (nSPS) is 18.5. The lowest BCUT2D eigenvalue weighted by Gasteiger charge is -2.35. The fourth-order valence-corrected chi connectivity index (χ4v) is 5.34. The Morgan fingerprint density at radius 2 is 1.70 bits per heavy atom. The lowest BCUT2D eigenvalue weighted by molar-refractivity contribution is -0.136. The second kappa shape index (κ2) is 8.72. The molecule has 0 aliphatic carbocycles. The molecule has 5 nitrogen and oxygen atoms in total. The third-order valence-electron chi connectivity index (χ3n) is 6.42. The molecule has 0 bridgehead atoms. The first-order chi connectivity index (χ1) is 14.8. The quantitative estimate of drug-likeness (QED) is 0.600. The predicted molar refractivity (Wildman–Crippen MR) is 123 cm³/mol. The molecule has 2 aliphatic heterocycles. The Labute approximate surface area is 181 Å². The summed E-state index contributed by atoms with van der Waals surface area (Å²) in [6.07, 6.45) is 6.64. The Bertz CT molecular complexity index is 1000. The molecule has 2 saturated heterocycles. The van der Waals surface area contributed by atoms with E-state index in [1.807, 2.05) is 6.07 Å². The van der Waals surface area contributed by atoms with Crippen LogP contribution in [0.2, 0.25) is 0 Å². The molecule has 0 saturated carbocycles. The highest BCUT2D eigenvalue weighted by atomic mass is 32.1. The molecule has 0 N–H and O–H groups in total. The van der Waals surface area contributed by atoms with Crippen molar-refractivity contribution in [2.24, 2.45) is 5.92 Å². The van der Waals surface area contributed by atoms with E-state index in [2.05, 4.69) is 44.8 Å². The first kappa shape index (κ1) is 19.5. The molecule has 3 aromatic rings. The summed E-state index contributed by atoms with van der Waals surface area (Å²) in [5.74, 6) is 2.32. The van der Waals surface area contributed by atoms with Crippen LogP contribution >= 0.6 is 11.3 Å². The number of anilines is 1. The standard InChI is InChI=1S/C24H28N4OS/c29-24(28-12-5-1-2-6-13-28)18-9-14-27(15-10-18)23-20-7-3-4-8-21(20)25-22(26-23)19-11-16-30-17-19/h3-4,7-8,11,16-18H,1-2,5-6,9-10,12-15H2. The van der Waals surface area contributed by atoms with Crippen molar-refractivity contribution in [3.63, 3.8) is 0 Å². The number of rotatable bonds is 3. The zero-order chi connectivity index (χ0) is 20.3. The largest absolute Gasteiger partial charge is 0.356 e. The van der Waals surface area contributed by atoms with Crippen molar-refractivity contribution in [3.05, 3.63) is 41.1 Å². The second-order valence-electron chi connectivity index (χ2n) is 8.40. The van der Waals surface area contributed by atoms with Gasteiger partial charge in [-0.3, -0.25) is 4.79 Å². The van der Waals surface area contributed by atoms with Crippen molar-refractivity contribution in [1.82, 2.24) is 14.9 Å². The summed E-state index contributed by atoms with van der Waals surface area (Å²) in [5.41, 5.74) is 2.05. The Morgan fingerprint density at radius 3 is 2.43 bits per heavy atom. The Morgan fingerprint density at radius 1 is 0.933 bits per heavy atom. The highest BCUT2D eigenvalue weighted by molar-refractivity contribution is 7.08. The smallest absolute Gasteiger partial charge is 0.225 e. The van der Waals surface area contributed by atoms with E-state index in [9.17, 15) is 4.79 Å². The van der Waals surface area contributed by atoms with Gasteiger partial charge in [-0.2, -0.15) is 11.3 Å². The van der Waals surface area contributed by atoms with E-state index in [4.69, 9.17) is 9.97 Å². The average molecular weight is 421 g/mol. The van der Waals surface area contributed by atoms with Crippen molar-refractivity contribution in [3.8, 4) is 11.4 Å². The fourth-order valence-electron chi connectivity index (χ4n) is 4.71. The number of nitrogens with zero attached hydrogens (tertiary/aromatic N) is 4. The van der Waals surface area contributed by atoms with E-state index in [0.29, 0.717) is 5.91 Å². The molecule has 1 amide bonds. The van der Waals surface area contributed by atoms with Crippen LogP contribution in [0.15, 0.2) is 41.1 Å². The average Bonchev–Trinajstić information content (AvgIpc) is 3.21. The number of thiophene rings is 1. The molecular weight excluding hydrogens is 392 g/mol. The molecule has 0 spiro atoms. The minimum Gasteiger partial charge on any atom is -0.356 e. The van der Waals surface area contributed by atoms with Gasteiger partial charge < -0.3 is 9.80 Å². The monoisotopic (exact) mass is 420 g/mol. The summed E-state index contributed by atoms with van der Waals surface area (Å²) in [6, 6.07) is 10.3. The van der Waals surface area contributed by atoms with Gasteiger partial charge in [0.05, 0.1) is 5.52 Å². The maximum Gasteiger partial charge on any atom is 0.225 e. The van der Waals surface area contributed by atoms with Crippen LogP contribution in [0, 0.1) is 5.92 Å². The van der Waals surface area contributed by atoms with Crippen molar-refractivity contribution in [2.75, 3.05) is 31.1 Å². The summed E-state index contributed by atoms with van der Waals surface area (Å²) in [6.45, 7) is 3.63. The van der Waals surface area contributed by atoms with E-state index in [-0.39, 0.29) is 5.92 Å². The van der Waals surface area contributed by atoms with Crippen LogP contribution in [0.1, 0.15) is 38.5 Å². The number of fused-ring (bicyclic) bond motifs is 1. The number of carbonyl (C=O) groups is 1. The summed E-state index contributed by atoms with van der Waals surface area (Å²) in [7, 11) is 0. The predicted octanol–water partition coefficient (Wildman–Crippen LogP) is 4.98. The number of amides is 1. The number of benzene rings is 1. The van der Waals surface area contributed by atoms with E-state index < -0.39 is 0 Å². The first-order valence-corrected chi connectivity index (χ1v) is 12.1. The van der Waals surface area contributed by atoms with Crippen LogP contribution in [0.4, 0.5) is 5.82 Å². The molecule has 2 aliphatic rings. The van der Waals surface area contributed by atoms with Gasteiger partial charge in [0.15, 0.2) is 5.82 Å². The molecule has 0 unspecified atom stereocenters. The molecule has 1 aromatic carbocycles. The summed E-state index contributed by atoms with van der Waals surface area (Å²) >= 11 is 1.66. The number of likely N-dealkylation sites (tertiary alicyclic amines) is 1. The highest BCUT2D eigenvalue weighted by Gasteiger charge is 2.30. The third-order valence-corrected chi connectivity index (χ3v) is 7.11. The van der Waals surface area contributed by atoms with Crippen LogP contribution in [0.5, 0.6) is 0 Å². The van der Waals surface area contributed by atoms with Gasteiger partial charge in [-0.15, -0.1) is 0 Å². The number of carbonyl (C=O) groups excluding carboxylic acids is 1. The van der Waals surface area contributed by atoms with Gasteiger partial charge in [-0.25, -0.2) is 9.97 Å². The number of para-hydroxylation sites is 1. The molecule has 0 atom stereocenters. The summed E-state index contributed by atoms with van der Waals surface area (Å²) < 4.78 is 0. The topological polar surface area (TPSA) is 49.3 Å². The maximum absolute atomic E-state index is 13.1. The SMILES string of the molecule is O=C(C1CCN(c2nc(-c3ccsc3)nc3ccccc23)CC1)N1CCCCCC1. The van der Waals surface area contributed by atoms with Gasteiger partial charge in [0.1, 0.15) is 5.82 Å². The Balaban J connectivity index is 1.36. The van der Waals surface area contributed by atoms with E-state index in [1.165, 1.54) is 12.8 Å². The molecule has 4 heterocycles. The van der Waals surface area contributed by atoms with Gasteiger partial charge >= 0.3 is 0 Å². The Kier molecular flexibility index (Phi) is 5.67. The van der Waals surface area contributed by atoms with Crippen LogP contribution in [-0.2, 0) is 4.79 Å². The second-order valence-corrected chi connectivity index (χ2v) is 9.18. The lowest BCUT2D eigenvalue weighted by atomic mass is 9.95. The van der Waals surface area contributed by atoms with Crippen molar-refractivity contribution < 1.29 is 4.79 Å². The van der Waals surface area contributed by atoms with Crippen molar-refractivity contribution >= 4 is 34.0 Å². The van der Waals surface area contributed by atoms with Crippen LogP contribution in [0.3, 0.4) is 0 Å². The number of aromatic nitrogens is 2. The van der Waals surface area contributed by atoms with Gasteiger partial charge in [-0.1, -0.05) is 25.0 Å². The van der Waals surface area contributed by atoms with Gasteiger partial charge in [0, 0.05) is 48.4 Å². The van der Waals surface area contributed by atoms with Gasteiger partial charge in [-0.05, 0) is 49.3 Å². The zero-order valence-electron chi connectivity index (χ0n) is 17.3. The van der Waals surface area contributed by atoms with Gasteiger partial charge in [0.2, 0.25) is 5.91 Å². The maximum atomic E-state index is 13.1. The summed E-state index contributed by atoms with van der Waals surface area (Å²) in [4.78, 5) is 27.3. The third kappa shape index (κ3) is 3.93. The van der Waals surface area contributed by atoms with Gasteiger partial charge in [0.25, 0.3) is 0 Å². The molecule has 2 fully saturated rings. The van der Waals surface area contributed by atoms with E-state index in [1.54, 1.807) is 11.3 Å². The number of hydrogen-bond acceptors (Lipinski definition) is 5. The van der Waals surface area contributed by atoms with Crippen LogP contribution in [0.25, 0.3) is 22.3 Å². The molecule has 0 radical (unpaired) electrons. The molecule has 156 valence electrons. The highest BCUT2D eigenvalue weighted by Crippen LogP contribution is 2.31. The Hall–Kier alpha value is -2.47. The van der Waals surface area contributed by atoms with E-state index in [0.717, 1.165) is 80.0 Å². The zero-order valence-corrected chi connectivity index (χ0v) is 18.1. The molecule has 6 heteroatoms. The van der Waals surface area contributed by atoms with Crippen molar-refractivity contribution in [2.45, 2.75) is 38.5 Å². The van der Waals surface area contributed by atoms with Crippen LogP contribution < -0.4 is 4.90 Å².